The summed E-state index contributed by atoms with van der Waals surface area (Å²) in [5.41, 5.74) is 0.754. The Kier molecular flexibility index (Phi) is 13.5. The molecule has 1 saturated carbocycles. The van der Waals surface area contributed by atoms with Gasteiger partial charge in [0.1, 0.15) is 6.61 Å². The number of rotatable bonds is 9. The molecule has 41 heavy (non-hydrogen) atoms. The molecule has 1 aliphatic heterocycles. The molecule has 1 saturated heterocycles. The second-order valence-electron chi connectivity index (χ2n) is 12.0. The van der Waals surface area contributed by atoms with Gasteiger partial charge in [-0.05, 0) is 48.8 Å². The molecule has 1 aliphatic carbocycles. The fourth-order valence-corrected chi connectivity index (χ4v) is 6.09. The van der Waals surface area contributed by atoms with Crippen molar-refractivity contribution in [3.63, 3.8) is 0 Å². The molecular weight excluding hydrogens is 534 g/mol. The number of fused-ring (bicyclic) bond motifs is 1. The van der Waals surface area contributed by atoms with Gasteiger partial charge in [0.15, 0.2) is 12.1 Å². The maximum absolute atomic E-state index is 12.0. The van der Waals surface area contributed by atoms with Crippen molar-refractivity contribution in [2.24, 2.45) is 17.3 Å². The van der Waals surface area contributed by atoms with Crippen LogP contribution in [0.15, 0.2) is 65.6 Å². The molecule has 1 heterocycles. The van der Waals surface area contributed by atoms with Crippen LogP contribution in [0.3, 0.4) is 0 Å². The van der Waals surface area contributed by atoms with Crippen molar-refractivity contribution in [1.29, 1.82) is 5.41 Å². The molecule has 4 N–H and O–H groups in total. The van der Waals surface area contributed by atoms with Crippen LogP contribution >= 0.6 is 11.8 Å². The summed E-state index contributed by atoms with van der Waals surface area (Å²) in [7, 11) is 0. The van der Waals surface area contributed by atoms with Crippen LogP contribution < -0.4 is 10.6 Å². The highest BCUT2D eigenvalue weighted by molar-refractivity contribution is 7.99. The topological polar surface area (TPSA) is 104 Å². The van der Waals surface area contributed by atoms with Crippen LogP contribution in [0.25, 0.3) is 0 Å². The van der Waals surface area contributed by atoms with Crippen LogP contribution in [0.5, 0.6) is 0 Å². The van der Waals surface area contributed by atoms with Crippen molar-refractivity contribution < 1.29 is 19.4 Å². The van der Waals surface area contributed by atoms with E-state index in [4.69, 9.17) is 14.9 Å². The molecule has 5 atom stereocenters. The third kappa shape index (κ3) is 11.7. The second kappa shape index (κ2) is 16.8. The van der Waals surface area contributed by atoms with E-state index in [9.17, 15) is 9.90 Å². The normalized spacial score (nSPS) is 21.7. The molecule has 0 aromatic heterocycles. The maximum atomic E-state index is 12.0. The van der Waals surface area contributed by atoms with Crippen LogP contribution in [0.1, 0.15) is 71.8 Å². The number of hydrogen-bond acceptors (Lipinski definition) is 7. The minimum absolute atomic E-state index is 0.0704. The molecule has 0 radical (unpaired) electrons. The lowest BCUT2D eigenvalue weighted by Crippen LogP contribution is -2.48. The molecule has 2 unspecified atom stereocenters. The highest BCUT2D eigenvalue weighted by Crippen LogP contribution is 2.36. The molecule has 226 valence electrons. The molecule has 2 aromatic carbocycles. The standard InChI is InChI=1S/C19H23NO3S.C14H26N2O/c1-2-18(21)17(14-24-16-11-7-4-8-12-16)20-19(22)23-13-15-9-5-3-6-10-15;1-14(2,3)13(15)17-12-8-10-6-4-5-7-11(10)9-16-12/h3-12,17-18,21H,2,13-14H2,1H3,(H,20,22);10-12,15-16H,4-9H2,1-3H3/t17-,18+;10?,11?,12-/m01/s1. The Bertz CT molecular complexity index is 1050. The fourth-order valence-electron chi connectivity index (χ4n) is 5.07. The molecule has 8 heteroatoms. The van der Waals surface area contributed by atoms with E-state index in [-0.39, 0.29) is 24.3 Å². The van der Waals surface area contributed by atoms with E-state index >= 15 is 0 Å². The third-order valence-corrected chi connectivity index (χ3v) is 8.84. The average Bonchev–Trinajstić information content (AvgIpc) is 2.98. The predicted molar refractivity (Wildman–Crippen MR) is 167 cm³/mol. The summed E-state index contributed by atoms with van der Waals surface area (Å²) >= 11 is 1.60. The average molecular weight is 584 g/mol. The second-order valence-corrected chi connectivity index (χ2v) is 13.1. The lowest BCUT2D eigenvalue weighted by Gasteiger charge is -2.40. The Hall–Kier alpha value is -2.55. The van der Waals surface area contributed by atoms with E-state index in [2.05, 4.69) is 10.6 Å². The van der Waals surface area contributed by atoms with Gasteiger partial charge in [-0.2, -0.15) is 0 Å². The van der Waals surface area contributed by atoms with Gasteiger partial charge >= 0.3 is 6.09 Å². The number of ether oxygens (including phenoxy) is 2. The molecule has 2 fully saturated rings. The van der Waals surface area contributed by atoms with Crippen molar-refractivity contribution in [2.75, 3.05) is 12.3 Å². The predicted octanol–water partition coefficient (Wildman–Crippen LogP) is 7.00. The minimum Gasteiger partial charge on any atom is -0.462 e. The van der Waals surface area contributed by atoms with Crippen LogP contribution in [0, 0.1) is 22.7 Å². The van der Waals surface area contributed by atoms with Crippen molar-refractivity contribution in [2.45, 2.75) is 96.1 Å². The van der Waals surface area contributed by atoms with Gasteiger partial charge in [-0.15, -0.1) is 11.8 Å². The van der Waals surface area contributed by atoms with E-state index in [0.717, 1.165) is 35.3 Å². The van der Waals surface area contributed by atoms with E-state index in [1.54, 1.807) is 11.8 Å². The number of nitrogens with one attached hydrogen (secondary N) is 3. The summed E-state index contributed by atoms with van der Waals surface area (Å²) in [4.78, 5) is 13.1. The Morgan fingerprint density at radius 1 is 1.07 bits per heavy atom. The minimum atomic E-state index is -0.606. The molecule has 2 aromatic rings. The Balaban J connectivity index is 0.000000239. The van der Waals surface area contributed by atoms with Gasteiger partial charge in [0.25, 0.3) is 0 Å². The Morgan fingerprint density at radius 3 is 2.34 bits per heavy atom. The Morgan fingerprint density at radius 2 is 1.71 bits per heavy atom. The molecule has 0 spiro atoms. The van der Waals surface area contributed by atoms with Gasteiger partial charge in [0.2, 0.25) is 0 Å². The largest absolute Gasteiger partial charge is 0.462 e. The molecular formula is C33H49N3O4S. The van der Waals surface area contributed by atoms with E-state index in [0.29, 0.717) is 18.1 Å². The summed E-state index contributed by atoms with van der Waals surface area (Å²) in [6.45, 7) is 9.27. The van der Waals surface area contributed by atoms with Crippen molar-refractivity contribution >= 4 is 23.8 Å². The zero-order valence-electron chi connectivity index (χ0n) is 25.1. The van der Waals surface area contributed by atoms with Gasteiger partial charge in [-0.25, -0.2) is 4.79 Å². The number of aliphatic hydroxyl groups is 1. The molecule has 4 rings (SSSR count). The van der Waals surface area contributed by atoms with Crippen molar-refractivity contribution in [1.82, 2.24) is 10.6 Å². The highest BCUT2D eigenvalue weighted by atomic mass is 32.2. The highest BCUT2D eigenvalue weighted by Gasteiger charge is 2.34. The summed E-state index contributed by atoms with van der Waals surface area (Å²) in [6, 6.07) is 19.1. The number of piperidine rings is 1. The van der Waals surface area contributed by atoms with Crippen LogP contribution in [-0.4, -0.2) is 47.8 Å². The summed E-state index contributed by atoms with van der Waals surface area (Å²) in [6.07, 6.45) is 6.12. The number of carbonyl (C=O) groups excluding carboxylic acids is 1. The molecule has 1 amide bonds. The molecule has 0 bridgehead atoms. The van der Waals surface area contributed by atoms with Gasteiger partial charge in [-0.3, -0.25) is 10.7 Å². The first kappa shape index (κ1) is 33.0. The lowest BCUT2D eigenvalue weighted by atomic mass is 9.75. The van der Waals surface area contributed by atoms with Gasteiger partial charge in [0, 0.05) is 29.0 Å². The van der Waals surface area contributed by atoms with Crippen LogP contribution in [0.4, 0.5) is 4.79 Å². The van der Waals surface area contributed by atoms with E-state index in [1.807, 2.05) is 88.4 Å². The smallest absolute Gasteiger partial charge is 0.407 e. The van der Waals surface area contributed by atoms with Crippen LogP contribution in [0.2, 0.25) is 0 Å². The van der Waals surface area contributed by atoms with E-state index in [1.165, 1.54) is 25.7 Å². The zero-order valence-corrected chi connectivity index (χ0v) is 25.9. The lowest BCUT2D eigenvalue weighted by molar-refractivity contribution is 0.0361. The molecule has 2 aliphatic rings. The number of thioether (sulfide) groups is 1. The Labute approximate surface area is 250 Å². The quantitative estimate of drug-likeness (QED) is 0.144. The summed E-state index contributed by atoms with van der Waals surface area (Å²) in [5.74, 6) is 2.67. The number of hydrogen-bond donors (Lipinski definition) is 4. The van der Waals surface area contributed by atoms with Gasteiger partial charge in [-0.1, -0.05) is 89.1 Å². The first-order valence-corrected chi connectivity index (χ1v) is 16.0. The number of benzene rings is 2. The first-order valence-electron chi connectivity index (χ1n) is 15.0. The summed E-state index contributed by atoms with van der Waals surface area (Å²) in [5, 5.41) is 24.3. The van der Waals surface area contributed by atoms with Crippen LogP contribution in [-0.2, 0) is 16.1 Å². The monoisotopic (exact) mass is 583 g/mol. The fraction of sp³-hybridized carbons (Fsp3) is 0.576. The van der Waals surface area contributed by atoms with Crippen molar-refractivity contribution in [3.8, 4) is 0 Å². The summed E-state index contributed by atoms with van der Waals surface area (Å²) < 4.78 is 11.0. The van der Waals surface area contributed by atoms with Crippen molar-refractivity contribution in [3.05, 3.63) is 66.2 Å². The SMILES string of the molecule is CC(C)(C)C(=N)O[C@@H]1CC2CCCCC2CN1.CC[C@@H](O)[C@H](CSc1ccccc1)NC(=O)OCc1ccccc1. The number of alkyl carbamates (subject to hydrolysis) is 1. The van der Waals surface area contributed by atoms with Gasteiger partial charge < -0.3 is 19.9 Å². The number of amides is 1. The molecule has 7 nitrogen and oxygen atoms in total. The van der Waals surface area contributed by atoms with E-state index < -0.39 is 12.2 Å². The first-order chi connectivity index (χ1) is 19.7. The number of aliphatic hydroxyl groups excluding tert-OH is 1. The third-order valence-electron chi connectivity index (χ3n) is 7.70. The van der Waals surface area contributed by atoms with Gasteiger partial charge in [0.05, 0.1) is 12.1 Å². The number of carbonyl (C=O) groups is 1. The maximum Gasteiger partial charge on any atom is 0.407 e. The zero-order chi connectivity index (χ0) is 29.7.